The number of carbonyl (C=O) groups excluding carboxylic acids is 2. The van der Waals surface area contributed by atoms with Gasteiger partial charge in [-0.05, 0) is 29.6 Å². The Labute approximate surface area is 178 Å². The maximum Gasteiger partial charge on any atom is 0.268 e. The molecule has 6 heteroatoms. The van der Waals surface area contributed by atoms with Gasteiger partial charge >= 0.3 is 0 Å². The van der Waals surface area contributed by atoms with E-state index >= 15 is 0 Å². The fraction of sp³-hybridized carbons (Fsp3) is 0.167. The highest BCUT2D eigenvalue weighted by Gasteiger charge is 2.27. The quantitative estimate of drug-likeness (QED) is 0.527. The van der Waals surface area contributed by atoms with Crippen LogP contribution >= 0.6 is 11.3 Å². The molecule has 0 bridgehead atoms. The van der Waals surface area contributed by atoms with Gasteiger partial charge in [0.05, 0.1) is 16.1 Å². The molecule has 0 radical (unpaired) electrons. The number of aromatic nitrogens is 1. The van der Waals surface area contributed by atoms with E-state index in [0.717, 1.165) is 11.9 Å². The monoisotopic (exact) mass is 415 g/mol. The first-order chi connectivity index (χ1) is 14.6. The number of amides is 2. The van der Waals surface area contributed by atoms with Gasteiger partial charge in [-0.1, -0.05) is 36.4 Å². The Morgan fingerprint density at radius 2 is 1.83 bits per heavy atom. The van der Waals surface area contributed by atoms with Crippen LogP contribution in [0.25, 0.3) is 10.9 Å². The van der Waals surface area contributed by atoms with E-state index in [1.54, 1.807) is 24.1 Å². The third kappa shape index (κ3) is 3.09. The molecular weight excluding hydrogens is 394 g/mol. The summed E-state index contributed by atoms with van der Waals surface area (Å²) >= 11 is 1.40. The number of anilines is 1. The number of para-hydroxylation sites is 2. The summed E-state index contributed by atoms with van der Waals surface area (Å²) in [5.41, 5.74) is 4.68. The molecule has 0 aliphatic carbocycles. The van der Waals surface area contributed by atoms with E-state index in [1.165, 1.54) is 28.0 Å². The lowest BCUT2D eigenvalue weighted by Gasteiger charge is -2.29. The Morgan fingerprint density at radius 1 is 1.03 bits per heavy atom. The van der Waals surface area contributed by atoms with Crippen LogP contribution in [-0.4, -0.2) is 35.3 Å². The Morgan fingerprint density at radius 3 is 2.67 bits per heavy atom. The van der Waals surface area contributed by atoms with Gasteiger partial charge in [0.2, 0.25) is 0 Å². The lowest BCUT2D eigenvalue weighted by Crippen LogP contribution is -2.37. The Kier molecular flexibility index (Phi) is 4.64. The fourth-order valence-electron chi connectivity index (χ4n) is 4.13. The van der Waals surface area contributed by atoms with Crippen molar-refractivity contribution in [2.45, 2.75) is 13.0 Å². The number of benzene rings is 2. The predicted octanol–water partition coefficient (Wildman–Crippen LogP) is 4.70. The molecular formula is C24H21N3O2S. The summed E-state index contributed by atoms with van der Waals surface area (Å²) in [7, 11) is 1.72. The summed E-state index contributed by atoms with van der Waals surface area (Å²) in [5.74, 6) is -0.157. The molecule has 0 saturated heterocycles. The number of H-pyrrole nitrogens is 1. The van der Waals surface area contributed by atoms with Crippen LogP contribution in [0.3, 0.4) is 0 Å². The summed E-state index contributed by atoms with van der Waals surface area (Å²) in [5, 5.41) is 3.05. The highest BCUT2D eigenvalue weighted by molar-refractivity contribution is 7.12. The van der Waals surface area contributed by atoms with Gasteiger partial charge in [0.1, 0.15) is 0 Å². The number of aromatic amines is 1. The van der Waals surface area contributed by atoms with Crippen molar-refractivity contribution in [3.63, 3.8) is 0 Å². The summed E-state index contributed by atoms with van der Waals surface area (Å²) < 4.78 is 0. The lowest BCUT2D eigenvalue weighted by molar-refractivity contribution is 0.0736. The number of hydrogen-bond donors (Lipinski definition) is 1. The minimum atomic E-state index is -0.109. The van der Waals surface area contributed by atoms with Crippen molar-refractivity contribution < 1.29 is 9.59 Å². The number of thiophene rings is 1. The van der Waals surface area contributed by atoms with Crippen LogP contribution in [0.4, 0.5) is 5.69 Å². The van der Waals surface area contributed by atoms with Gasteiger partial charge in [-0.25, -0.2) is 0 Å². The molecule has 2 amide bonds. The van der Waals surface area contributed by atoms with E-state index in [1.807, 2.05) is 46.7 Å². The fourth-order valence-corrected chi connectivity index (χ4v) is 4.83. The minimum absolute atomic E-state index is 0.0487. The first-order valence-electron chi connectivity index (χ1n) is 9.92. The highest BCUT2D eigenvalue weighted by Crippen LogP contribution is 2.30. The number of carbonyl (C=O) groups is 2. The second-order valence-electron chi connectivity index (χ2n) is 7.46. The Hall–Kier alpha value is -3.38. The largest absolute Gasteiger partial charge is 0.358 e. The average molecular weight is 416 g/mol. The number of nitrogens with one attached hydrogen (secondary N) is 1. The maximum atomic E-state index is 13.5. The van der Waals surface area contributed by atoms with Crippen LogP contribution in [-0.2, 0) is 13.0 Å². The molecule has 3 heterocycles. The number of rotatable bonds is 3. The molecule has 2 aromatic heterocycles. The van der Waals surface area contributed by atoms with Gasteiger partial charge < -0.3 is 14.8 Å². The third-order valence-electron chi connectivity index (χ3n) is 5.70. The number of fused-ring (bicyclic) bond motifs is 3. The molecule has 30 heavy (non-hydrogen) atoms. The van der Waals surface area contributed by atoms with Crippen LogP contribution in [0, 0.1) is 0 Å². The van der Waals surface area contributed by atoms with Gasteiger partial charge in [-0.2, -0.15) is 0 Å². The van der Waals surface area contributed by atoms with Gasteiger partial charge in [-0.15, -0.1) is 11.3 Å². The molecule has 0 unspecified atom stereocenters. The first-order valence-corrected chi connectivity index (χ1v) is 10.8. The van der Waals surface area contributed by atoms with Crippen LogP contribution in [0.15, 0.2) is 66.0 Å². The Balaban J connectivity index is 1.45. The molecule has 0 spiro atoms. The molecule has 5 rings (SSSR count). The molecule has 0 saturated carbocycles. The van der Waals surface area contributed by atoms with Crippen LogP contribution in [0.5, 0.6) is 0 Å². The molecule has 1 N–H and O–H groups in total. The topological polar surface area (TPSA) is 56.4 Å². The van der Waals surface area contributed by atoms with Gasteiger partial charge in [0, 0.05) is 48.7 Å². The van der Waals surface area contributed by atoms with Gasteiger partial charge in [0.25, 0.3) is 11.8 Å². The number of hydrogen-bond acceptors (Lipinski definition) is 3. The molecule has 0 fully saturated rings. The molecule has 1 aliphatic heterocycles. The zero-order valence-corrected chi connectivity index (χ0v) is 17.4. The second-order valence-corrected chi connectivity index (χ2v) is 8.41. The van der Waals surface area contributed by atoms with E-state index < -0.39 is 0 Å². The van der Waals surface area contributed by atoms with E-state index in [9.17, 15) is 9.59 Å². The van der Waals surface area contributed by atoms with E-state index in [2.05, 4.69) is 17.1 Å². The molecule has 1 aliphatic rings. The van der Waals surface area contributed by atoms with Crippen molar-refractivity contribution in [2.24, 2.45) is 0 Å². The summed E-state index contributed by atoms with van der Waals surface area (Å²) in [6.07, 6.45) is 0.794. The van der Waals surface area contributed by atoms with Crippen molar-refractivity contribution in [1.29, 1.82) is 0 Å². The van der Waals surface area contributed by atoms with Crippen molar-refractivity contribution in [1.82, 2.24) is 9.88 Å². The summed E-state index contributed by atoms with van der Waals surface area (Å²) in [6, 6.07) is 19.2. The van der Waals surface area contributed by atoms with Crippen molar-refractivity contribution in [3.05, 3.63) is 87.7 Å². The molecule has 0 atom stereocenters. The predicted molar refractivity (Wildman–Crippen MR) is 120 cm³/mol. The molecule has 150 valence electrons. The van der Waals surface area contributed by atoms with Crippen molar-refractivity contribution in [3.8, 4) is 0 Å². The summed E-state index contributed by atoms with van der Waals surface area (Å²) in [4.78, 5) is 33.9. The second kappa shape index (κ2) is 7.46. The standard InChI is InChI=1S/C24H21N3O2S/c1-26(24(29)22-11-6-14-30-22)21-10-5-3-8-17(21)23(28)27-13-12-20-18(15-27)16-7-2-4-9-19(16)25-20/h2-11,14,25H,12-13,15H2,1H3. The third-order valence-corrected chi connectivity index (χ3v) is 6.56. The van der Waals surface area contributed by atoms with E-state index in [0.29, 0.717) is 29.2 Å². The van der Waals surface area contributed by atoms with E-state index in [-0.39, 0.29) is 11.8 Å². The Bertz CT molecular complexity index is 1240. The number of nitrogens with zero attached hydrogens (tertiary/aromatic N) is 2. The lowest BCUT2D eigenvalue weighted by atomic mass is 10.0. The van der Waals surface area contributed by atoms with Crippen LogP contribution < -0.4 is 4.90 Å². The maximum absolute atomic E-state index is 13.5. The molecule has 4 aromatic rings. The average Bonchev–Trinajstić information content (AvgIpc) is 3.45. The smallest absolute Gasteiger partial charge is 0.268 e. The van der Waals surface area contributed by atoms with Crippen LogP contribution in [0.1, 0.15) is 31.3 Å². The van der Waals surface area contributed by atoms with Crippen LogP contribution in [0.2, 0.25) is 0 Å². The first kappa shape index (κ1) is 18.6. The zero-order chi connectivity index (χ0) is 20.7. The minimum Gasteiger partial charge on any atom is -0.358 e. The van der Waals surface area contributed by atoms with Gasteiger partial charge in [-0.3, -0.25) is 9.59 Å². The molecule has 2 aromatic carbocycles. The molecule has 5 nitrogen and oxygen atoms in total. The highest BCUT2D eigenvalue weighted by atomic mass is 32.1. The van der Waals surface area contributed by atoms with Crippen molar-refractivity contribution in [2.75, 3.05) is 18.5 Å². The van der Waals surface area contributed by atoms with Gasteiger partial charge in [0.15, 0.2) is 0 Å². The summed E-state index contributed by atoms with van der Waals surface area (Å²) in [6.45, 7) is 1.21. The van der Waals surface area contributed by atoms with Crippen molar-refractivity contribution >= 4 is 39.7 Å². The normalized spacial score (nSPS) is 13.3. The zero-order valence-electron chi connectivity index (χ0n) is 16.6. The van der Waals surface area contributed by atoms with E-state index in [4.69, 9.17) is 0 Å². The SMILES string of the molecule is CN(C(=O)c1cccs1)c1ccccc1C(=O)N1CCc2[nH]c3ccccc3c2C1.